The van der Waals surface area contributed by atoms with Crippen molar-refractivity contribution in [1.82, 2.24) is 0 Å². The van der Waals surface area contributed by atoms with Crippen LogP contribution >= 0.6 is 24.4 Å². The number of ether oxygens (including phenoxy) is 4. The van der Waals surface area contributed by atoms with Gasteiger partial charge in [-0.1, -0.05) is 33.6 Å². The molecule has 0 spiro atoms. The predicted octanol–water partition coefficient (Wildman–Crippen LogP) is 2.54. The second-order valence-corrected chi connectivity index (χ2v) is 9.94. The van der Waals surface area contributed by atoms with E-state index in [0.717, 1.165) is 19.0 Å². The van der Waals surface area contributed by atoms with Gasteiger partial charge >= 0.3 is 0 Å². The Morgan fingerprint density at radius 3 is 1.90 bits per heavy atom. The average Bonchev–Trinajstić information content (AvgIpc) is 3.46. The number of aliphatic hydroxyl groups is 2. The van der Waals surface area contributed by atoms with Gasteiger partial charge in [0.05, 0.1) is 37.8 Å². The lowest BCUT2D eigenvalue weighted by molar-refractivity contribution is 0.0173. The first-order valence-electron chi connectivity index (χ1n) is 11.1. The van der Waals surface area contributed by atoms with E-state index >= 15 is 0 Å². The molecular formula is C21H40O6S2. The molecule has 2 N–H and O–H groups in total. The fourth-order valence-corrected chi connectivity index (χ4v) is 5.47. The molecule has 4 aliphatic heterocycles. The highest BCUT2D eigenvalue weighted by atomic mass is 32.2. The summed E-state index contributed by atoms with van der Waals surface area (Å²) < 4.78 is 21.7. The molecule has 0 radical (unpaired) electrons. The van der Waals surface area contributed by atoms with Crippen LogP contribution in [0, 0.1) is 5.92 Å². The highest BCUT2D eigenvalue weighted by molar-refractivity contribution is 8.00. The van der Waals surface area contributed by atoms with Crippen LogP contribution in [0.2, 0.25) is 0 Å². The van der Waals surface area contributed by atoms with Gasteiger partial charge in [0.25, 0.3) is 0 Å². The molecule has 4 saturated heterocycles. The van der Waals surface area contributed by atoms with Crippen LogP contribution in [0.3, 0.4) is 0 Å². The molecule has 0 aromatic heterocycles. The van der Waals surface area contributed by atoms with Crippen molar-refractivity contribution in [2.75, 3.05) is 37.9 Å². The fourth-order valence-electron chi connectivity index (χ4n) is 3.79. The molecule has 0 amide bonds. The van der Waals surface area contributed by atoms with Crippen LogP contribution in [-0.2, 0) is 18.9 Å². The molecule has 6 nitrogen and oxygen atoms in total. The summed E-state index contributed by atoms with van der Waals surface area (Å²) in [5.74, 6) is 2.66. The van der Waals surface area contributed by atoms with Crippen LogP contribution in [0.4, 0.5) is 0 Å². The first kappa shape index (κ1) is 25.7. The standard InChI is InChI=1S/C10H18O3S.C7H12O3.C4H10S/c1-2-3-4-14-8-6-13-9-7(11)5-12-10(8)9;1-4-2-9-7-5(8)3-10-6(4)7;1-2-3-4-5/h7-11H,2-6H2,1H3;4-8H,2-3H2,1H3;5H,2-4H2,1H3/t7-,8+,9+,10+;4-,5-,6+,7+;/m00./s1. The number of unbranched alkanes of at least 4 members (excludes halogenated alkanes) is 2. The van der Waals surface area contributed by atoms with Crippen molar-refractivity contribution >= 4 is 24.4 Å². The molecule has 8 atom stereocenters. The van der Waals surface area contributed by atoms with Gasteiger partial charge in [0.15, 0.2) is 0 Å². The van der Waals surface area contributed by atoms with Gasteiger partial charge in [0.1, 0.15) is 30.5 Å². The summed E-state index contributed by atoms with van der Waals surface area (Å²) in [5, 5.41) is 19.2. The minimum Gasteiger partial charge on any atom is -0.388 e. The van der Waals surface area contributed by atoms with Crippen molar-refractivity contribution < 1.29 is 29.2 Å². The van der Waals surface area contributed by atoms with E-state index in [1.54, 1.807) is 0 Å². The van der Waals surface area contributed by atoms with Crippen LogP contribution in [0.1, 0.15) is 46.5 Å². The maximum atomic E-state index is 9.53. The van der Waals surface area contributed by atoms with Crippen LogP contribution in [-0.4, -0.2) is 90.0 Å². The molecule has 0 saturated carbocycles. The van der Waals surface area contributed by atoms with Gasteiger partial charge in [-0.3, -0.25) is 0 Å². The Kier molecular flexibility index (Phi) is 12.2. The minimum atomic E-state index is -0.406. The van der Waals surface area contributed by atoms with E-state index in [0.29, 0.717) is 24.4 Å². The lowest BCUT2D eigenvalue weighted by atomic mass is 10.0. The molecule has 0 aliphatic carbocycles. The van der Waals surface area contributed by atoms with Crippen molar-refractivity contribution in [2.24, 2.45) is 5.92 Å². The number of fused-ring (bicyclic) bond motifs is 2. The highest BCUT2D eigenvalue weighted by Gasteiger charge is 2.47. The van der Waals surface area contributed by atoms with Crippen molar-refractivity contribution in [3.63, 3.8) is 0 Å². The lowest BCUT2D eigenvalue weighted by Gasteiger charge is -2.14. The van der Waals surface area contributed by atoms with E-state index in [4.69, 9.17) is 18.9 Å². The Morgan fingerprint density at radius 1 is 0.793 bits per heavy atom. The second kappa shape index (κ2) is 13.8. The number of thiol groups is 1. The molecule has 4 rings (SSSR count). The Balaban J connectivity index is 0.000000175. The van der Waals surface area contributed by atoms with Crippen LogP contribution < -0.4 is 0 Å². The summed E-state index contributed by atoms with van der Waals surface area (Å²) in [7, 11) is 0. The molecule has 4 fully saturated rings. The summed E-state index contributed by atoms with van der Waals surface area (Å²) in [4.78, 5) is 0. The number of rotatable bonds is 6. The van der Waals surface area contributed by atoms with Crippen LogP contribution in [0.25, 0.3) is 0 Å². The normalized spacial score (nSPS) is 39.9. The van der Waals surface area contributed by atoms with E-state index in [2.05, 4.69) is 33.4 Å². The highest BCUT2D eigenvalue weighted by Crippen LogP contribution is 2.34. The molecule has 0 aromatic carbocycles. The molecule has 0 unspecified atom stereocenters. The maximum Gasteiger partial charge on any atom is 0.113 e. The van der Waals surface area contributed by atoms with Crippen LogP contribution in [0.5, 0.6) is 0 Å². The Hall–Kier alpha value is 0.460. The van der Waals surface area contributed by atoms with Gasteiger partial charge in [0, 0.05) is 5.92 Å². The Labute approximate surface area is 185 Å². The summed E-state index contributed by atoms with van der Waals surface area (Å²) in [6.07, 6.45) is 4.38. The summed E-state index contributed by atoms with van der Waals surface area (Å²) >= 11 is 5.93. The molecule has 0 aromatic rings. The van der Waals surface area contributed by atoms with E-state index in [-0.39, 0.29) is 24.4 Å². The van der Waals surface area contributed by atoms with Crippen molar-refractivity contribution in [1.29, 1.82) is 0 Å². The second-order valence-electron chi connectivity index (χ2n) is 8.14. The van der Waals surface area contributed by atoms with E-state index in [1.807, 2.05) is 11.8 Å². The molecule has 8 heteroatoms. The zero-order valence-corrected chi connectivity index (χ0v) is 19.8. The molecule has 4 heterocycles. The fraction of sp³-hybridized carbons (Fsp3) is 1.00. The van der Waals surface area contributed by atoms with Gasteiger partial charge in [-0.2, -0.15) is 24.4 Å². The third-order valence-corrected chi connectivity index (χ3v) is 7.27. The summed E-state index contributed by atoms with van der Waals surface area (Å²) in [6.45, 7) is 8.80. The Morgan fingerprint density at radius 2 is 1.34 bits per heavy atom. The summed E-state index contributed by atoms with van der Waals surface area (Å²) in [5.41, 5.74) is 0. The van der Waals surface area contributed by atoms with Crippen molar-refractivity contribution in [2.45, 2.75) is 88.3 Å². The monoisotopic (exact) mass is 452 g/mol. The first-order chi connectivity index (χ1) is 14.0. The smallest absolute Gasteiger partial charge is 0.113 e. The van der Waals surface area contributed by atoms with E-state index < -0.39 is 12.2 Å². The average molecular weight is 453 g/mol. The van der Waals surface area contributed by atoms with Gasteiger partial charge < -0.3 is 29.2 Å². The molecule has 172 valence electrons. The van der Waals surface area contributed by atoms with Gasteiger partial charge in [-0.25, -0.2) is 0 Å². The van der Waals surface area contributed by atoms with E-state index in [1.165, 1.54) is 31.4 Å². The van der Waals surface area contributed by atoms with Gasteiger partial charge in [0.2, 0.25) is 0 Å². The third kappa shape index (κ3) is 7.52. The van der Waals surface area contributed by atoms with Crippen molar-refractivity contribution in [3.8, 4) is 0 Å². The topological polar surface area (TPSA) is 77.4 Å². The number of hydrogen-bond acceptors (Lipinski definition) is 8. The van der Waals surface area contributed by atoms with Gasteiger partial charge in [-0.15, -0.1) is 0 Å². The molecular weight excluding hydrogens is 412 g/mol. The number of thioether (sulfide) groups is 1. The quantitative estimate of drug-likeness (QED) is 0.422. The Bertz CT molecular complexity index is 425. The maximum absolute atomic E-state index is 9.53. The summed E-state index contributed by atoms with van der Waals surface area (Å²) in [6, 6.07) is 0. The van der Waals surface area contributed by atoms with E-state index in [9.17, 15) is 10.2 Å². The molecule has 4 aliphatic rings. The molecule has 29 heavy (non-hydrogen) atoms. The first-order valence-corrected chi connectivity index (χ1v) is 12.8. The van der Waals surface area contributed by atoms with Gasteiger partial charge in [-0.05, 0) is 24.3 Å². The number of hydrogen-bond donors (Lipinski definition) is 3. The number of aliphatic hydroxyl groups excluding tert-OH is 2. The third-order valence-electron chi connectivity index (χ3n) is 5.60. The largest absolute Gasteiger partial charge is 0.388 e. The van der Waals surface area contributed by atoms with Crippen molar-refractivity contribution in [3.05, 3.63) is 0 Å². The predicted molar refractivity (Wildman–Crippen MR) is 120 cm³/mol. The molecule has 0 bridgehead atoms. The minimum absolute atomic E-state index is 0.0463. The van der Waals surface area contributed by atoms with Crippen LogP contribution in [0.15, 0.2) is 0 Å². The lowest BCUT2D eigenvalue weighted by Crippen LogP contribution is -2.30. The SMILES string of the molecule is CCCCS.CCCCS[C@@H]1CO[C@H]2[C@@H]1OC[C@@H]2O.C[C@H]1CO[C@H]2[C@@H]1OC[C@@H]2O. The zero-order valence-electron chi connectivity index (χ0n) is 18.1. The zero-order chi connectivity index (χ0) is 21.2.